The van der Waals surface area contributed by atoms with Crippen molar-refractivity contribution < 1.29 is 9.53 Å². The van der Waals surface area contributed by atoms with Crippen molar-refractivity contribution in [2.45, 2.75) is 38.3 Å². The van der Waals surface area contributed by atoms with Gasteiger partial charge in [-0.2, -0.15) is 0 Å². The predicted molar refractivity (Wildman–Crippen MR) is 94.3 cm³/mol. The van der Waals surface area contributed by atoms with Crippen molar-refractivity contribution in [1.82, 2.24) is 14.5 Å². The number of ether oxygens (including phenoxy) is 1. The van der Waals surface area contributed by atoms with Crippen LogP contribution in [0.1, 0.15) is 25.7 Å². The molecule has 132 valence electrons. The van der Waals surface area contributed by atoms with Gasteiger partial charge in [-0.15, -0.1) is 0 Å². The minimum atomic E-state index is -0.0828. The number of nitrogens with zero attached hydrogens (tertiary/aromatic N) is 3. The highest BCUT2D eigenvalue weighted by molar-refractivity contribution is 5.78. The fraction of sp³-hybridized carbons (Fsp3) is 0.526. The van der Waals surface area contributed by atoms with Gasteiger partial charge in [-0.05, 0) is 31.4 Å². The van der Waals surface area contributed by atoms with E-state index < -0.39 is 0 Å². The first-order valence-electron chi connectivity index (χ1n) is 9.04. The summed E-state index contributed by atoms with van der Waals surface area (Å²) in [4.78, 5) is 31.6. The number of aryl methyl sites for hydroxylation is 1. The summed E-state index contributed by atoms with van der Waals surface area (Å²) in [5.41, 5.74) is 0.608. The first-order valence-corrected chi connectivity index (χ1v) is 9.04. The van der Waals surface area contributed by atoms with Gasteiger partial charge in [0.25, 0.3) is 5.56 Å². The summed E-state index contributed by atoms with van der Waals surface area (Å²) < 4.78 is 6.98. The van der Waals surface area contributed by atoms with E-state index in [1.54, 1.807) is 17.0 Å². The summed E-state index contributed by atoms with van der Waals surface area (Å²) >= 11 is 0. The number of fused-ring (bicyclic) bond motifs is 1. The Balaban J connectivity index is 1.43. The van der Waals surface area contributed by atoms with E-state index in [-0.39, 0.29) is 11.5 Å². The van der Waals surface area contributed by atoms with E-state index in [2.05, 4.69) is 4.98 Å². The van der Waals surface area contributed by atoms with Crippen LogP contribution in [-0.2, 0) is 16.1 Å². The second-order valence-electron chi connectivity index (χ2n) is 7.02. The molecule has 6 nitrogen and oxygen atoms in total. The van der Waals surface area contributed by atoms with Crippen LogP contribution in [0.2, 0.25) is 0 Å². The maximum absolute atomic E-state index is 12.7. The van der Waals surface area contributed by atoms with Crippen LogP contribution in [0.3, 0.4) is 0 Å². The number of carbonyl (C=O) groups is 1. The summed E-state index contributed by atoms with van der Waals surface area (Å²) in [7, 11) is 0. The van der Waals surface area contributed by atoms with E-state index in [0.29, 0.717) is 35.8 Å². The van der Waals surface area contributed by atoms with Gasteiger partial charge in [-0.3, -0.25) is 14.2 Å². The van der Waals surface area contributed by atoms with Crippen LogP contribution in [-0.4, -0.2) is 46.2 Å². The van der Waals surface area contributed by atoms with Gasteiger partial charge >= 0.3 is 0 Å². The first kappa shape index (κ1) is 16.3. The van der Waals surface area contributed by atoms with Gasteiger partial charge in [-0.1, -0.05) is 12.1 Å². The number of para-hydroxylation sites is 1. The predicted octanol–water partition coefficient (Wildman–Crippen LogP) is 1.81. The molecule has 1 aliphatic carbocycles. The van der Waals surface area contributed by atoms with Gasteiger partial charge in [-0.25, -0.2) is 4.98 Å². The summed E-state index contributed by atoms with van der Waals surface area (Å²) in [6, 6.07) is 7.69. The maximum Gasteiger partial charge on any atom is 0.261 e. The molecule has 2 heterocycles. The molecule has 0 spiro atoms. The fourth-order valence-corrected chi connectivity index (χ4v) is 3.47. The van der Waals surface area contributed by atoms with E-state index >= 15 is 0 Å². The minimum absolute atomic E-state index is 0.0828. The highest BCUT2D eigenvalue weighted by Gasteiger charge is 2.34. The van der Waals surface area contributed by atoms with Crippen LogP contribution in [0.15, 0.2) is 35.4 Å². The van der Waals surface area contributed by atoms with Gasteiger partial charge in [0.2, 0.25) is 5.91 Å². The molecule has 4 rings (SSSR count). The number of benzene rings is 1. The summed E-state index contributed by atoms with van der Waals surface area (Å²) in [6.45, 7) is 2.72. The van der Waals surface area contributed by atoms with Gasteiger partial charge < -0.3 is 9.64 Å². The Bertz CT molecular complexity index is 822. The number of carbonyl (C=O) groups excluding carboxylic acids is 1. The Kier molecular flexibility index (Phi) is 4.53. The molecule has 1 saturated heterocycles. The van der Waals surface area contributed by atoms with Crippen molar-refractivity contribution in [2.24, 2.45) is 5.92 Å². The van der Waals surface area contributed by atoms with E-state index in [9.17, 15) is 9.59 Å². The van der Waals surface area contributed by atoms with Crippen molar-refractivity contribution in [1.29, 1.82) is 0 Å². The second kappa shape index (κ2) is 6.96. The van der Waals surface area contributed by atoms with E-state index in [1.807, 2.05) is 23.1 Å². The van der Waals surface area contributed by atoms with Crippen molar-refractivity contribution in [2.75, 3.05) is 19.8 Å². The number of aromatic nitrogens is 2. The lowest BCUT2D eigenvalue weighted by molar-refractivity contribution is -0.132. The Morgan fingerprint density at radius 2 is 2.12 bits per heavy atom. The third kappa shape index (κ3) is 3.58. The first-order chi connectivity index (χ1) is 12.2. The van der Waals surface area contributed by atoms with Gasteiger partial charge in [0.15, 0.2) is 0 Å². The normalized spacial score (nSPS) is 20.1. The number of hydrogen-bond acceptors (Lipinski definition) is 4. The quantitative estimate of drug-likeness (QED) is 0.804. The van der Waals surface area contributed by atoms with E-state index in [4.69, 9.17) is 4.74 Å². The van der Waals surface area contributed by atoms with Gasteiger partial charge in [0.1, 0.15) is 0 Å². The van der Waals surface area contributed by atoms with Crippen LogP contribution in [0, 0.1) is 5.92 Å². The molecule has 2 aliphatic rings. The molecule has 1 aromatic heterocycles. The Morgan fingerprint density at radius 3 is 2.88 bits per heavy atom. The molecule has 0 N–H and O–H groups in total. The molecule has 0 radical (unpaired) electrons. The van der Waals surface area contributed by atoms with Crippen molar-refractivity contribution in [3.05, 3.63) is 40.9 Å². The Labute approximate surface area is 146 Å². The standard InChI is InChI=1S/C19H23N3O3/c23-18(22(15-5-6-15)11-14-8-10-25-12-14)7-9-21-13-20-17-4-2-1-3-16(17)19(21)24/h1-4,13-15H,5-12H2. The van der Waals surface area contributed by atoms with E-state index in [1.165, 1.54) is 0 Å². The molecule has 25 heavy (non-hydrogen) atoms. The molecule has 1 aromatic carbocycles. The highest BCUT2D eigenvalue weighted by Crippen LogP contribution is 2.29. The Hall–Kier alpha value is -2.21. The molecule has 2 fully saturated rings. The third-order valence-electron chi connectivity index (χ3n) is 5.08. The second-order valence-corrected chi connectivity index (χ2v) is 7.02. The molecular formula is C19H23N3O3. The van der Waals surface area contributed by atoms with Crippen molar-refractivity contribution in [3.63, 3.8) is 0 Å². The Morgan fingerprint density at radius 1 is 1.28 bits per heavy atom. The minimum Gasteiger partial charge on any atom is -0.381 e. The largest absolute Gasteiger partial charge is 0.381 e. The van der Waals surface area contributed by atoms with Gasteiger partial charge in [0.05, 0.1) is 23.8 Å². The lowest BCUT2D eigenvalue weighted by Gasteiger charge is -2.25. The summed E-state index contributed by atoms with van der Waals surface area (Å²) in [5, 5.41) is 0.597. The third-order valence-corrected chi connectivity index (χ3v) is 5.08. The zero-order chi connectivity index (χ0) is 17.2. The van der Waals surface area contributed by atoms with Crippen LogP contribution in [0.5, 0.6) is 0 Å². The average molecular weight is 341 g/mol. The molecule has 6 heteroatoms. The summed E-state index contributed by atoms with van der Waals surface area (Å²) in [5.74, 6) is 0.587. The highest BCUT2D eigenvalue weighted by atomic mass is 16.5. The fourth-order valence-electron chi connectivity index (χ4n) is 3.47. The van der Waals surface area contributed by atoms with Crippen LogP contribution >= 0.6 is 0 Å². The zero-order valence-electron chi connectivity index (χ0n) is 14.3. The molecule has 1 saturated carbocycles. The molecular weight excluding hydrogens is 318 g/mol. The number of amides is 1. The van der Waals surface area contributed by atoms with Crippen molar-refractivity contribution >= 4 is 16.8 Å². The smallest absolute Gasteiger partial charge is 0.261 e. The SMILES string of the molecule is O=C(CCn1cnc2ccccc2c1=O)N(CC1CCOC1)C1CC1. The lowest BCUT2D eigenvalue weighted by Crippen LogP contribution is -2.38. The monoisotopic (exact) mass is 341 g/mol. The van der Waals surface area contributed by atoms with Crippen LogP contribution < -0.4 is 5.56 Å². The van der Waals surface area contributed by atoms with Crippen LogP contribution in [0.4, 0.5) is 0 Å². The molecule has 1 amide bonds. The van der Waals surface area contributed by atoms with E-state index in [0.717, 1.165) is 39.0 Å². The lowest BCUT2D eigenvalue weighted by atomic mass is 10.1. The van der Waals surface area contributed by atoms with Crippen LogP contribution in [0.25, 0.3) is 10.9 Å². The molecule has 0 bridgehead atoms. The summed E-state index contributed by atoms with van der Waals surface area (Å²) in [6.07, 6.45) is 5.10. The molecule has 2 aromatic rings. The maximum atomic E-state index is 12.7. The number of rotatable bonds is 6. The number of hydrogen-bond donors (Lipinski definition) is 0. The topological polar surface area (TPSA) is 64.4 Å². The molecule has 1 atom stereocenters. The van der Waals surface area contributed by atoms with Crippen molar-refractivity contribution in [3.8, 4) is 0 Å². The molecule has 1 unspecified atom stereocenters. The van der Waals surface area contributed by atoms with Gasteiger partial charge in [0, 0.05) is 38.1 Å². The average Bonchev–Trinajstić information content (AvgIpc) is 3.35. The molecule has 1 aliphatic heterocycles. The zero-order valence-corrected chi connectivity index (χ0v) is 14.3.